The molecule has 0 unspecified atom stereocenters. The number of benzene rings is 2. The Hall–Kier alpha value is -2.54. The lowest BCUT2D eigenvalue weighted by atomic mass is 10.1. The summed E-state index contributed by atoms with van der Waals surface area (Å²) in [5, 5.41) is 0. The molecule has 2 aromatic carbocycles. The molecule has 1 N–H and O–H groups in total. The normalized spacial score (nSPS) is 14.6. The Bertz CT molecular complexity index is 980. The van der Waals surface area contributed by atoms with E-state index in [9.17, 15) is 13.2 Å². The van der Waals surface area contributed by atoms with Crippen LogP contribution in [0.15, 0.2) is 41.3 Å². The van der Waals surface area contributed by atoms with Crippen LogP contribution in [0.2, 0.25) is 0 Å². The number of hydrogen-bond donors (Lipinski definition) is 1. The van der Waals surface area contributed by atoms with Crippen molar-refractivity contribution < 1.29 is 17.9 Å². The number of sulfonamides is 1. The minimum atomic E-state index is -3.84. The van der Waals surface area contributed by atoms with Gasteiger partial charge in [-0.05, 0) is 68.5 Å². The number of nitrogens with one attached hydrogen (secondary N) is 1. The van der Waals surface area contributed by atoms with Crippen molar-refractivity contribution in [1.82, 2.24) is 4.90 Å². The minimum Gasteiger partial charge on any atom is -0.496 e. The Balaban J connectivity index is 1.95. The molecule has 0 aliphatic carbocycles. The number of likely N-dealkylation sites (tertiary alicyclic amines) is 1. The average Bonchev–Trinajstić information content (AvgIpc) is 2.71. The van der Waals surface area contributed by atoms with E-state index in [1.54, 1.807) is 17.0 Å². The van der Waals surface area contributed by atoms with Gasteiger partial charge in [-0.25, -0.2) is 8.42 Å². The summed E-state index contributed by atoms with van der Waals surface area (Å²) in [5.74, 6) is 0.182. The van der Waals surface area contributed by atoms with Gasteiger partial charge >= 0.3 is 0 Å². The largest absolute Gasteiger partial charge is 0.496 e. The van der Waals surface area contributed by atoms with Crippen LogP contribution in [0.5, 0.6) is 5.75 Å². The van der Waals surface area contributed by atoms with Gasteiger partial charge < -0.3 is 9.64 Å². The predicted octanol–water partition coefficient (Wildman–Crippen LogP) is 3.74. The Labute approximate surface area is 166 Å². The molecule has 1 aliphatic heterocycles. The number of anilines is 1. The monoisotopic (exact) mass is 402 g/mol. The Morgan fingerprint density at radius 2 is 1.79 bits per heavy atom. The van der Waals surface area contributed by atoms with Gasteiger partial charge in [0.2, 0.25) is 0 Å². The summed E-state index contributed by atoms with van der Waals surface area (Å²) < 4.78 is 33.8. The zero-order valence-corrected chi connectivity index (χ0v) is 17.3. The van der Waals surface area contributed by atoms with Crippen LogP contribution in [0.25, 0.3) is 0 Å². The molecular weight excluding hydrogens is 376 g/mol. The highest BCUT2D eigenvalue weighted by molar-refractivity contribution is 7.92. The summed E-state index contributed by atoms with van der Waals surface area (Å²) in [7, 11) is -2.36. The van der Waals surface area contributed by atoms with E-state index in [0.717, 1.165) is 30.4 Å². The maximum atomic E-state index is 12.9. The predicted molar refractivity (Wildman–Crippen MR) is 109 cm³/mol. The fourth-order valence-corrected chi connectivity index (χ4v) is 4.50. The first-order chi connectivity index (χ1) is 13.3. The van der Waals surface area contributed by atoms with Crippen molar-refractivity contribution in [3.05, 3.63) is 53.1 Å². The highest BCUT2D eigenvalue weighted by Crippen LogP contribution is 2.27. The Morgan fingerprint density at radius 1 is 1.07 bits per heavy atom. The lowest BCUT2D eigenvalue weighted by molar-refractivity contribution is 0.0720. The Morgan fingerprint density at radius 3 is 2.46 bits per heavy atom. The van der Waals surface area contributed by atoms with Crippen LogP contribution < -0.4 is 9.46 Å². The van der Waals surface area contributed by atoms with E-state index in [-0.39, 0.29) is 16.4 Å². The number of piperidine rings is 1. The molecule has 1 aliphatic rings. The maximum absolute atomic E-state index is 12.9. The first kappa shape index (κ1) is 20.2. The SMILES string of the molecule is COc1ccc(S(=O)(=O)Nc2cccc(C)c2C)cc1C(=O)N1CCCCC1. The van der Waals surface area contributed by atoms with Crippen molar-refractivity contribution in [2.24, 2.45) is 0 Å². The third kappa shape index (κ3) is 4.14. The molecule has 1 heterocycles. The maximum Gasteiger partial charge on any atom is 0.261 e. The van der Waals surface area contributed by atoms with E-state index in [0.29, 0.717) is 24.5 Å². The van der Waals surface area contributed by atoms with Gasteiger partial charge in [-0.3, -0.25) is 9.52 Å². The van der Waals surface area contributed by atoms with Gasteiger partial charge in [0.25, 0.3) is 15.9 Å². The summed E-state index contributed by atoms with van der Waals surface area (Å²) >= 11 is 0. The second-order valence-electron chi connectivity index (χ2n) is 7.07. The molecule has 0 aromatic heterocycles. The van der Waals surface area contributed by atoms with Crippen molar-refractivity contribution in [2.75, 3.05) is 24.9 Å². The topological polar surface area (TPSA) is 75.7 Å². The van der Waals surface area contributed by atoms with E-state index < -0.39 is 10.0 Å². The first-order valence-electron chi connectivity index (χ1n) is 9.40. The summed E-state index contributed by atoms with van der Waals surface area (Å²) in [6.45, 7) is 5.15. The van der Waals surface area contributed by atoms with Crippen LogP contribution in [0, 0.1) is 13.8 Å². The number of methoxy groups -OCH3 is 1. The van der Waals surface area contributed by atoms with Gasteiger partial charge in [0.15, 0.2) is 0 Å². The van der Waals surface area contributed by atoms with Crippen LogP contribution >= 0.6 is 0 Å². The standard InChI is InChI=1S/C21H26N2O4S/c1-15-8-7-9-19(16(15)2)22-28(25,26)17-10-11-20(27-3)18(14-17)21(24)23-12-5-4-6-13-23/h7-11,14,22H,4-6,12-13H2,1-3H3. The lowest BCUT2D eigenvalue weighted by Crippen LogP contribution is -2.35. The summed E-state index contributed by atoms with van der Waals surface area (Å²) in [6, 6.07) is 9.86. The number of amides is 1. The second-order valence-corrected chi connectivity index (χ2v) is 8.75. The van der Waals surface area contributed by atoms with Gasteiger partial charge in [0.05, 0.1) is 23.3 Å². The molecule has 1 amide bonds. The van der Waals surface area contributed by atoms with Gasteiger partial charge in [-0.1, -0.05) is 12.1 Å². The van der Waals surface area contributed by atoms with E-state index in [2.05, 4.69) is 4.72 Å². The molecule has 3 rings (SSSR count). The third-order valence-electron chi connectivity index (χ3n) is 5.20. The number of carbonyl (C=O) groups excluding carboxylic acids is 1. The van der Waals surface area contributed by atoms with Crippen molar-refractivity contribution in [3.8, 4) is 5.75 Å². The van der Waals surface area contributed by atoms with Crippen molar-refractivity contribution in [1.29, 1.82) is 0 Å². The number of rotatable bonds is 5. The van der Waals surface area contributed by atoms with E-state index >= 15 is 0 Å². The molecule has 2 aromatic rings. The number of nitrogens with zero attached hydrogens (tertiary/aromatic N) is 1. The zero-order valence-electron chi connectivity index (χ0n) is 16.5. The molecule has 1 fully saturated rings. The molecule has 0 spiro atoms. The van der Waals surface area contributed by atoms with Gasteiger partial charge in [0, 0.05) is 13.1 Å². The van der Waals surface area contributed by atoms with Crippen LogP contribution in [0.4, 0.5) is 5.69 Å². The van der Waals surface area contributed by atoms with E-state index in [1.165, 1.54) is 25.3 Å². The molecule has 28 heavy (non-hydrogen) atoms. The fourth-order valence-electron chi connectivity index (χ4n) is 3.35. The minimum absolute atomic E-state index is 0.0366. The molecular formula is C21H26N2O4S. The molecule has 0 saturated carbocycles. The fraction of sp³-hybridized carbons (Fsp3) is 0.381. The van der Waals surface area contributed by atoms with Crippen LogP contribution in [0.1, 0.15) is 40.7 Å². The highest BCUT2D eigenvalue weighted by atomic mass is 32.2. The Kier molecular flexibility index (Phi) is 5.93. The molecule has 7 heteroatoms. The quantitative estimate of drug-likeness (QED) is 0.827. The van der Waals surface area contributed by atoms with E-state index in [4.69, 9.17) is 4.74 Å². The van der Waals surface area contributed by atoms with E-state index in [1.807, 2.05) is 19.9 Å². The number of ether oxygens (including phenoxy) is 1. The first-order valence-corrected chi connectivity index (χ1v) is 10.9. The summed E-state index contributed by atoms with van der Waals surface area (Å²) in [5.41, 5.74) is 2.66. The summed E-state index contributed by atoms with van der Waals surface area (Å²) in [4.78, 5) is 14.7. The number of hydrogen-bond acceptors (Lipinski definition) is 4. The molecule has 0 atom stereocenters. The average molecular weight is 403 g/mol. The van der Waals surface area contributed by atoms with Gasteiger partial charge in [0.1, 0.15) is 5.75 Å². The smallest absolute Gasteiger partial charge is 0.261 e. The molecule has 0 bridgehead atoms. The lowest BCUT2D eigenvalue weighted by Gasteiger charge is -2.27. The molecule has 0 radical (unpaired) electrons. The molecule has 6 nitrogen and oxygen atoms in total. The van der Waals surface area contributed by atoms with Crippen molar-refractivity contribution in [3.63, 3.8) is 0 Å². The summed E-state index contributed by atoms with van der Waals surface area (Å²) in [6.07, 6.45) is 3.02. The zero-order chi connectivity index (χ0) is 20.3. The van der Waals surface area contributed by atoms with Crippen molar-refractivity contribution in [2.45, 2.75) is 38.0 Å². The molecule has 1 saturated heterocycles. The second kappa shape index (κ2) is 8.22. The van der Waals surface area contributed by atoms with Crippen LogP contribution in [0.3, 0.4) is 0 Å². The van der Waals surface area contributed by atoms with Gasteiger partial charge in [-0.2, -0.15) is 0 Å². The highest BCUT2D eigenvalue weighted by Gasteiger charge is 2.24. The van der Waals surface area contributed by atoms with Crippen molar-refractivity contribution >= 4 is 21.6 Å². The van der Waals surface area contributed by atoms with Gasteiger partial charge in [-0.15, -0.1) is 0 Å². The third-order valence-corrected chi connectivity index (χ3v) is 6.57. The van der Waals surface area contributed by atoms with Crippen LogP contribution in [-0.2, 0) is 10.0 Å². The number of carbonyl (C=O) groups is 1. The van der Waals surface area contributed by atoms with Crippen LogP contribution in [-0.4, -0.2) is 39.4 Å². The number of aryl methyl sites for hydroxylation is 1. The molecule has 150 valence electrons.